The molecule has 0 radical (unpaired) electrons. The number of nitrogens with zero attached hydrogens (tertiary/aromatic N) is 3. The van der Waals surface area contributed by atoms with Crippen LogP contribution in [0, 0.1) is 24.2 Å². The predicted molar refractivity (Wildman–Crippen MR) is 88.2 cm³/mol. The molecule has 3 fully saturated rings. The van der Waals surface area contributed by atoms with Crippen LogP contribution < -0.4 is 5.32 Å². The Bertz CT molecular complexity index is 645. The SMILES string of the molecule is Cc1cnc(C(=O)N2CCC3(CC2)C[C@H]3C(=O)NCC2CC2)cn1. The lowest BCUT2D eigenvalue weighted by Crippen LogP contribution is -2.41. The fraction of sp³-hybridized carbons (Fsp3) is 0.667. The topological polar surface area (TPSA) is 75.2 Å². The van der Waals surface area contributed by atoms with Crippen LogP contribution in [-0.2, 0) is 4.79 Å². The van der Waals surface area contributed by atoms with Crippen LogP contribution in [0.5, 0.6) is 0 Å². The molecule has 3 aliphatic rings. The Labute approximate surface area is 142 Å². The molecule has 1 atom stereocenters. The first-order valence-electron chi connectivity index (χ1n) is 8.93. The largest absolute Gasteiger partial charge is 0.356 e. The van der Waals surface area contributed by atoms with E-state index in [1.54, 1.807) is 12.4 Å². The highest BCUT2D eigenvalue weighted by atomic mass is 16.2. The highest BCUT2D eigenvalue weighted by molar-refractivity contribution is 5.92. The molecule has 1 saturated heterocycles. The van der Waals surface area contributed by atoms with Gasteiger partial charge < -0.3 is 10.2 Å². The smallest absolute Gasteiger partial charge is 0.274 e. The highest BCUT2D eigenvalue weighted by Gasteiger charge is 2.58. The maximum atomic E-state index is 12.5. The van der Waals surface area contributed by atoms with Crippen LogP contribution in [0.15, 0.2) is 12.4 Å². The van der Waals surface area contributed by atoms with E-state index < -0.39 is 0 Å². The molecule has 1 N–H and O–H groups in total. The predicted octanol–water partition coefficient (Wildman–Crippen LogP) is 1.55. The number of amides is 2. The molecule has 1 aromatic rings. The molecule has 1 spiro atoms. The molecule has 2 heterocycles. The van der Waals surface area contributed by atoms with E-state index in [2.05, 4.69) is 15.3 Å². The molecule has 0 aromatic carbocycles. The maximum absolute atomic E-state index is 12.5. The zero-order valence-corrected chi connectivity index (χ0v) is 14.1. The fourth-order valence-corrected chi connectivity index (χ4v) is 3.78. The normalized spacial score (nSPS) is 24.7. The van der Waals surface area contributed by atoms with Gasteiger partial charge in [0.25, 0.3) is 5.91 Å². The Morgan fingerprint density at radius 3 is 2.62 bits per heavy atom. The van der Waals surface area contributed by atoms with E-state index in [1.807, 2.05) is 11.8 Å². The standard InChI is InChI=1S/C18H24N4O2/c1-12-9-20-15(11-19-12)17(24)22-6-4-18(5-7-22)8-14(18)16(23)21-10-13-2-3-13/h9,11,13-14H,2-8,10H2,1H3,(H,21,23)/t14-/m0/s1. The van der Waals surface area contributed by atoms with Crippen molar-refractivity contribution < 1.29 is 9.59 Å². The van der Waals surface area contributed by atoms with Gasteiger partial charge in [0.2, 0.25) is 5.91 Å². The number of aryl methyl sites for hydroxylation is 1. The Hall–Kier alpha value is -1.98. The van der Waals surface area contributed by atoms with Crippen molar-refractivity contribution in [1.82, 2.24) is 20.2 Å². The lowest BCUT2D eigenvalue weighted by Gasteiger charge is -2.32. The van der Waals surface area contributed by atoms with Crippen molar-refractivity contribution >= 4 is 11.8 Å². The van der Waals surface area contributed by atoms with E-state index in [1.165, 1.54) is 12.8 Å². The van der Waals surface area contributed by atoms with Gasteiger partial charge in [0.05, 0.1) is 11.9 Å². The Morgan fingerprint density at radius 2 is 2.00 bits per heavy atom. The van der Waals surface area contributed by atoms with Crippen LogP contribution in [0.4, 0.5) is 0 Å². The van der Waals surface area contributed by atoms with Gasteiger partial charge >= 0.3 is 0 Å². The third-order valence-corrected chi connectivity index (χ3v) is 5.81. The van der Waals surface area contributed by atoms with Gasteiger partial charge in [-0.25, -0.2) is 4.98 Å². The molecule has 128 valence electrons. The summed E-state index contributed by atoms with van der Waals surface area (Å²) >= 11 is 0. The van der Waals surface area contributed by atoms with E-state index >= 15 is 0 Å². The molecule has 1 aliphatic heterocycles. The van der Waals surface area contributed by atoms with Crippen LogP contribution in [0.1, 0.15) is 48.3 Å². The minimum absolute atomic E-state index is 0.0484. The van der Waals surface area contributed by atoms with Gasteiger partial charge in [-0.3, -0.25) is 14.6 Å². The molecule has 2 aliphatic carbocycles. The van der Waals surface area contributed by atoms with Gasteiger partial charge in [-0.05, 0) is 50.4 Å². The second-order valence-electron chi connectivity index (χ2n) is 7.64. The molecular weight excluding hydrogens is 304 g/mol. The molecule has 2 amide bonds. The maximum Gasteiger partial charge on any atom is 0.274 e. The Kier molecular flexibility index (Phi) is 3.77. The van der Waals surface area contributed by atoms with Crippen molar-refractivity contribution in [2.45, 2.75) is 39.0 Å². The average molecular weight is 328 g/mol. The van der Waals surface area contributed by atoms with Crippen LogP contribution in [0.3, 0.4) is 0 Å². The zero-order chi connectivity index (χ0) is 16.7. The number of hydrogen-bond donors (Lipinski definition) is 1. The number of carbonyl (C=O) groups is 2. The van der Waals surface area contributed by atoms with Gasteiger partial charge in [-0.1, -0.05) is 0 Å². The first-order valence-corrected chi connectivity index (χ1v) is 8.93. The summed E-state index contributed by atoms with van der Waals surface area (Å²) in [6, 6.07) is 0. The van der Waals surface area contributed by atoms with Crippen molar-refractivity contribution in [2.24, 2.45) is 17.3 Å². The van der Waals surface area contributed by atoms with Crippen LogP contribution in [0.2, 0.25) is 0 Å². The van der Waals surface area contributed by atoms with Crippen molar-refractivity contribution in [3.63, 3.8) is 0 Å². The fourth-order valence-electron chi connectivity index (χ4n) is 3.78. The van der Waals surface area contributed by atoms with Crippen molar-refractivity contribution in [3.8, 4) is 0 Å². The summed E-state index contributed by atoms with van der Waals surface area (Å²) in [5.74, 6) is 1.06. The van der Waals surface area contributed by atoms with Gasteiger partial charge in [-0.15, -0.1) is 0 Å². The van der Waals surface area contributed by atoms with E-state index in [0.717, 1.165) is 37.4 Å². The van der Waals surface area contributed by atoms with Crippen molar-refractivity contribution in [3.05, 3.63) is 23.8 Å². The average Bonchev–Trinajstić information content (AvgIpc) is 3.51. The number of carbonyl (C=O) groups excluding carboxylic acids is 2. The van der Waals surface area contributed by atoms with Crippen LogP contribution in [-0.4, -0.2) is 46.3 Å². The highest BCUT2D eigenvalue weighted by Crippen LogP contribution is 2.59. The summed E-state index contributed by atoms with van der Waals surface area (Å²) < 4.78 is 0. The number of piperidine rings is 1. The molecule has 2 saturated carbocycles. The molecule has 24 heavy (non-hydrogen) atoms. The van der Waals surface area contributed by atoms with Crippen LogP contribution in [0.25, 0.3) is 0 Å². The molecule has 0 bridgehead atoms. The molecule has 6 nitrogen and oxygen atoms in total. The lowest BCUT2D eigenvalue weighted by molar-refractivity contribution is -0.123. The molecular formula is C18H24N4O2. The summed E-state index contributed by atoms with van der Waals surface area (Å²) in [6.45, 7) is 4.12. The van der Waals surface area contributed by atoms with E-state index in [-0.39, 0.29) is 23.1 Å². The Balaban J connectivity index is 1.30. The number of rotatable bonds is 4. The zero-order valence-electron chi connectivity index (χ0n) is 14.1. The number of likely N-dealkylation sites (tertiary alicyclic amines) is 1. The van der Waals surface area contributed by atoms with Gasteiger partial charge in [0, 0.05) is 31.7 Å². The first kappa shape index (κ1) is 15.5. The summed E-state index contributed by atoms with van der Waals surface area (Å²) in [5, 5.41) is 3.11. The molecule has 0 unspecified atom stereocenters. The second kappa shape index (κ2) is 5.83. The van der Waals surface area contributed by atoms with E-state index in [4.69, 9.17) is 0 Å². The summed E-state index contributed by atoms with van der Waals surface area (Å²) in [4.78, 5) is 34.9. The minimum atomic E-state index is -0.0484. The third kappa shape index (κ3) is 3.01. The molecule has 6 heteroatoms. The summed E-state index contributed by atoms with van der Waals surface area (Å²) in [5.41, 5.74) is 1.36. The van der Waals surface area contributed by atoms with Crippen molar-refractivity contribution in [2.75, 3.05) is 19.6 Å². The van der Waals surface area contributed by atoms with Gasteiger partial charge in [-0.2, -0.15) is 0 Å². The van der Waals surface area contributed by atoms with Gasteiger partial charge in [0.15, 0.2) is 0 Å². The number of aromatic nitrogens is 2. The number of hydrogen-bond acceptors (Lipinski definition) is 4. The number of nitrogens with one attached hydrogen (secondary N) is 1. The van der Waals surface area contributed by atoms with E-state index in [0.29, 0.717) is 18.8 Å². The van der Waals surface area contributed by atoms with Crippen molar-refractivity contribution in [1.29, 1.82) is 0 Å². The third-order valence-electron chi connectivity index (χ3n) is 5.81. The van der Waals surface area contributed by atoms with Crippen LogP contribution >= 0.6 is 0 Å². The van der Waals surface area contributed by atoms with Gasteiger partial charge in [0.1, 0.15) is 5.69 Å². The molecule has 1 aromatic heterocycles. The second-order valence-corrected chi connectivity index (χ2v) is 7.64. The summed E-state index contributed by atoms with van der Waals surface area (Å²) in [7, 11) is 0. The molecule has 4 rings (SSSR count). The lowest BCUT2D eigenvalue weighted by atomic mass is 9.90. The minimum Gasteiger partial charge on any atom is -0.356 e. The first-order chi connectivity index (χ1) is 11.6. The monoisotopic (exact) mass is 328 g/mol. The quantitative estimate of drug-likeness (QED) is 0.910. The van der Waals surface area contributed by atoms with E-state index in [9.17, 15) is 9.59 Å². The summed E-state index contributed by atoms with van der Waals surface area (Å²) in [6.07, 6.45) is 8.51. The Morgan fingerprint density at radius 1 is 1.25 bits per heavy atom.